The summed E-state index contributed by atoms with van der Waals surface area (Å²) in [5.74, 6) is -0.655. The van der Waals surface area contributed by atoms with Crippen molar-refractivity contribution in [2.45, 2.75) is 50.8 Å². The first kappa shape index (κ1) is 21.6. The number of sulfonamides is 1. The Hall–Kier alpha value is -2.65. The third kappa shape index (κ3) is 6.21. The Balaban J connectivity index is 1.99. The highest BCUT2D eigenvalue weighted by Crippen LogP contribution is 2.13. The van der Waals surface area contributed by atoms with Gasteiger partial charge in [-0.1, -0.05) is 0 Å². The highest BCUT2D eigenvalue weighted by Gasteiger charge is 2.23. The van der Waals surface area contributed by atoms with Crippen LogP contribution in [0, 0.1) is 0 Å². The van der Waals surface area contributed by atoms with E-state index in [2.05, 4.69) is 10.0 Å². The van der Waals surface area contributed by atoms with Crippen molar-refractivity contribution < 1.29 is 27.2 Å². The Labute approximate surface area is 164 Å². The van der Waals surface area contributed by atoms with Gasteiger partial charge in [0.25, 0.3) is 5.91 Å². The summed E-state index contributed by atoms with van der Waals surface area (Å²) in [7, 11) is -3.76. The predicted molar refractivity (Wildman–Crippen MR) is 102 cm³/mol. The number of ether oxygens (including phenoxy) is 1. The van der Waals surface area contributed by atoms with Crippen molar-refractivity contribution >= 4 is 21.9 Å². The summed E-state index contributed by atoms with van der Waals surface area (Å²) in [5.41, 5.74) is -0.309. The molecule has 0 aliphatic heterocycles. The highest BCUT2D eigenvalue weighted by molar-refractivity contribution is 7.89. The minimum Gasteiger partial charge on any atom is -0.468 e. The molecule has 2 N–H and O–H groups in total. The lowest BCUT2D eigenvalue weighted by molar-refractivity contribution is -0.130. The van der Waals surface area contributed by atoms with Crippen LogP contribution in [0.1, 0.15) is 43.8 Å². The fourth-order valence-corrected chi connectivity index (χ4v) is 3.18. The van der Waals surface area contributed by atoms with E-state index in [9.17, 15) is 18.0 Å². The smallest absolute Gasteiger partial charge is 0.338 e. The Bertz CT molecular complexity index is 912. The summed E-state index contributed by atoms with van der Waals surface area (Å²) in [4.78, 5) is 24.2. The standard InChI is InChI=1S/C19H24N2O6S/c1-13(17(22)21-19(2,3)4)27-18(23)14-7-9-16(10-8-14)28(24,25)20-12-15-6-5-11-26-15/h5-11,13,20H,12H2,1-4H3,(H,21,22). The van der Waals surface area contributed by atoms with Crippen molar-refractivity contribution in [2.75, 3.05) is 0 Å². The van der Waals surface area contributed by atoms with Gasteiger partial charge < -0.3 is 14.5 Å². The zero-order valence-electron chi connectivity index (χ0n) is 16.2. The Kier molecular flexibility index (Phi) is 6.63. The first-order valence-corrected chi connectivity index (χ1v) is 10.1. The van der Waals surface area contributed by atoms with Crippen molar-refractivity contribution in [3.05, 3.63) is 54.0 Å². The summed E-state index contributed by atoms with van der Waals surface area (Å²) in [6.45, 7) is 6.94. The lowest BCUT2D eigenvalue weighted by atomic mass is 10.1. The number of hydrogen-bond donors (Lipinski definition) is 2. The molecule has 1 aromatic carbocycles. The van der Waals surface area contributed by atoms with Gasteiger partial charge in [0.05, 0.1) is 23.3 Å². The van der Waals surface area contributed by atoms with Gasteiger partial charge >= 0.3 is 5.97 Å². The van der Waals surface area contributed by atoms with Crippen molar-refractivity contribution in [1.82, 2.24) is 10.0 Å². The molecule has 1 atom stereocenters. The van der Waals surface area contributed by atoms with Crippen LogP contribution in [0.2, 0.25) is 0 Å². The van der Waals surface area contributed by atoms with Gasteiger partial charge in [-0.05, 0) is 64.1 Å². The molecular formula is C19H24N2O6S. The molecule has 0 bridgehead atoms. The molecule has 0 radical (unpaired) electrons. The Morgan fingerprint density at radius 1 is 1.14 bits per heavy atom. The number of amides is 1. The van der Waals surface area contributed by atoms with Gasteiger partial charge in [0.15, 0.2) is 6.10 Å². The average Bonchev–Trinajstić information content (AvgIpc) is 3.12. The maximum absolute atomic E-state index is 12.3. The monoisotopic (exact) mass is 408 g/mol. The van der Waals surface area contributed by atoms with E-state index in [-0.39, 0.29) is 17.0 Å². The Morgan fingerprint density at radius 3 is 2.32 bits per heavy atom. The molecule has 0 fully saturated rings. The van der Waals surface area contributed by atoms with Gasteiger partial charge in [-0.3, -0.25) is 4.79 Å². The van der Waals surface area contributed by atoms with Crippen LogP contribution in [-0.4, -0.2) is 31.9 Å². The lowest BCUT2D eigenvalue weighted by Crippen LogP contribution is -2.46. The second-order valence-electron chi connectivity index (χ2n) is 7.22. The van der Waals surface area contributed by atoms with E-state index in [1.54, 1.807) is 12.1 Å². The molecule has 0 aliphatic carbocycles. The second-order valence-corrected chi connectivity index (χ2v) is 8.98. The summed E-state index contributed by atoms with van der Waals surface area (Å²) >= 11 is 0. The molecule has 152 valence electrons. The molecule has 1 amide bonds. The third-order valence-corrected chi connectivity index (χ3v) is 4.99. The van der Waals surface area contributed by atoms with Gasteiger partial charge in [0.2, 0.25) is 10.0 Å². The third-order valence-electron chi connectivity index (χ3n) is 3.57. The number of hydrogen-bond acceptors (Lipinski definition) is 6. The molecule has 2 aromatic rings. The summed E-state index contributed by atoms with van der Waals surface area (Å²) in [6, 6.07) is 8.56. The van der Waals surface area contributed by atoms with Crippen molar-refractivity contribution in [3.63, 3.8) is 0 Å². The van der Waals surface area contributed by atoms with Crippen LogP contribution in [0.3, 0.4) is 0 Å². The fraction of sp³-hybridized carbons (Fsp3) is 0.368. The number of nitrogens with one attached hydrogen (secondary N) is 2. The summed E-state index contributed by atoms with van der Waals surface area (Å²) < 4.78 is 37.2. The van der Waals surface area contributed by atoms with Gasteiger partial charge in [-0.25, -0.2) is 17.9 Å². The van der Waals surface area contributed by atoms with Gasteiger partial charge in [0.1, 0.15) is 5.76 Å². The average molecular weight is 408 g/mol. The van der Waals surface area contributed by atoms with Crippen molar-refractivity contribution in [3.8, 4) is 0 Å². The van der Waals surface area contributed by atoms with Crippen LogP contribution in [0.4, 0.5) is 0 Å². The van der Waals surface area contributed by atoms with Crippen molar-refractivity contribution in [1.29, 1.82) is 0 Å². The first-order chi connectivity index (χ1) is 13.0. The van der Waals surface area contributed by atoms with Crippen LogP contribution in [0.5, 0.6) is 0 Å². The molecule has 28 heavy (non-hydrogen) atoms. The molecule has 0 aliphatic rings. The normalized spacial score (nSPS) is 13.0. The summed E-state index contributed by atoms with van der Waals surface area (Å²) in [6.07, 6.45) is 0.470. The number of carbonyl (C=O) groups excluding carboxylic acids is 2. The van der Waals surface area contributed by atoms with E-state index in [1.165, 1.54) is 37.5 Å². The molecule has 2 rings (SSSR count). The van der Waals surface area contributed by atoms with E-state index in [0.29, 0.717) is 5.76 Å². The minimum absolute atomic E-state index is 0.00543. The molecule has 1 unspecified atom stereocenters. The molecule has 8 nitrogen and oxygen atoms in total. The SMILES string of the molecule is CC(OC(=O)c1ccc(S(=O)(=O)NCc2ccco2)cc1)C(=O)NC(C)(C)C. The van der Waals surface area contributed by atoms with E-state index < -0.39 is 33.5 Å². The van der Waals surface area contributed by atoms with E-state index >= 15 is 0 Å². The zero-order valence-corrected chi connectivity index (χ0v) is 17.0. The predicted octanol–water partition coefficient (Wildman–Crippen LogP) is 2.22. The second kappa shape index (κ2) is 8.57. The van der Waals surface area contributed by atoms with Crippen LogP contribution in [0.15, 0.2) is 52.0 Å². The highest BCUT2D eigenvalue weighted by atomic mass is 32.2. The minimum atomic E-state index is -3.76. The van der Waals surface area contributed by atoms with Gasteiger partial charge in [-0.2, -0.15) is 0 Å². The topological polar surface area (TPSA) is 115 Å². The molecular weight excluding hydrogens is 384 g/mol. The van der Waals surface area contributed by atoms with Gasteiger partial charge in [0, 0.05) is 5.54 Å². The number of benzene rings is 1. The van der Waals surface area contributed by atoms with Gasteiger partial charge in [-0.15, -0.1) is 0 Å². The fourth-order valence-electron chi connectivity index (χ4n) is 2.19. The molecule has 9 heteroatoms. The number of esters is 1. The Morgan fingerprint density at radius 2 is 1.79 bits per heavy atom. The maximum Gasteiger partial charge on any atom is 0.338 e. The number of rotatable bonds is 7. The van der Waals surface area contributed by atoms with E-state index in [0.717, 1.165) is 0 Å². The van der Waals surface area contributed by atoms with Crippen LogP contribution >= 0.6 is 0 Å². The molecule has 1 aromatic heterocycles. The molecule has 0 spiro atoms. The van der Waals surface area contributed by atoms with Crippen LogP contribution < -0.4 is 10.0 Å². The number of carbonyl (C=O) groups is 2. The first-order valence-electron chi connectivity index (χ1n) is 8.63. The number of furan rings is 1. The summed E-state index contributed by atoms with van der Waals surface area (Å²) in [5, 5.41) is 2.72. The molecule has 0 saturated heterocycles. The van der Waals surface area contributed by atoms with Crippen molar-refractivity contribution in [2.24, 2.45) is 0 Å². The van der Waals surface area contributed by atoms with Crippen LogP contribution in [0.25, 0.3) is 0 Å². The zero-order chi connectivity index (χ0) is 20.9. The lowest BCUT2D eigenvalue weighted by Gasteiger charge is -2.23. The molecule has 1 heterocycles. The largest absolute Gasteiger partial charge is 0.468 e. The van der Waals surface area contributed by atoms with Crippen LogP contribution in [-0.2, 0) is 26.1 Å². The van der Waals surface area contributed by atoms with E-state index in [1.807, 2.05) is 20.8 Å². The quantitative estimate of drug-likeness (QED) is 0.679. The maximum atomic E-state index is 12.3. The van der Waals surface area contributed by atoms with E-state index in [4.69, 9.17) is 9.15 Å². The molecule has 0 saturated carbocycles.